The quantitative estimate of drug-likeness (QED) is 0.664. The molecule has 0 spiro atoms. The summed E-state index contributed by atoms with van der Waals surface area (Å²) in [5.41, 5.74) is 3.35. The summed E-state index contributed by atoms with van der Waals surface area (Å²) in [5.74, 6) is 0.677. The molecule has 1 aromatic carbocycles. The molecular weight excluding hydrogens is 174 g/mol. The molecule has 2 rings (SSSR count). The van der Waals surface area contributed by atoms with Gasteiger partial charge < -0.3 is 4.90 Å². The van der Waals surface area contributed by atoms with Gasteiger partial charge in [-0.2, -0.15) is 0 Å². The van der Waals surface area contributed by atoms with Gasteiger partial charge in [-0.15, -0.1) is 0 Å². The molecule has 0 fully saturated rings. The van der Waals surface area contributed by atoms with E-state index in [2.05, 4.69) is 26.0 Å². The fourth-order valence-electron chi connectivity index (χ4n) is 1.85. The summed E-state index contributed by atoms with van der Waals surface area (Å²) >= 11 is 0. The molecule has 0 aromatic heterocycles. The molecule has 0 unspecified atom stereocenters. The van der Waals surface area contributed by atoms with Crippen molar-refractivity contribution in [2.45, 2.75) is 26.3 Å². The summed E-state index contributed by atoms with van der Waals surface area (Å²) in [6.07, 6.45) is 0. The highest BCUT2D eigenvalue weighted by atomic mass is 16.2. The average molecular weight is 189 g/mol. The van der Waals surface area contributed by atoms with E-state index < -0.39 is 0 Å². The first kappa shape index (κ1) is 9.25. The van der Waals surface area contributed by atoms with Gasteiger partial charge in [0.15, 0.2) is 0 Å². The maximum Gasteiger partial charge on any atom is 0.254 e. The minimum Gasteiger partial charge on any atom is -0.337 e. The molecule has 1 aliphatic heterocycles. The predicted molar refractivity (Wildman–Crippen MR) is 56.3 cm³/mol. The van der Waals surface area contributed by atoms with Gasteiger partial charge in [-0.1, -0.05) is 26.0 Å². The van der Waals surface area contributed by atoms with Gasteiger partial charge in [-0.3, -0.25) is 4.79 Å². The van der Waals surface area contributed by atoms with Crippen LogP contribution in [-0.4, -0.2) is 17.9 Å². The van der Waals surface area contributed by atoms with Gasteiger partial charge in [-0.05, 0) is 23.1 Å². The van der Waals surface area contributed by atoms with Gasteiger partial charge in [0.25, 0.3) is 5.91 Å². The van der Waals surface area contributed by atoms with E-state index in [9.17, 15) is 4.79 Å². The number of fused-ring (bicyclic) bond motifs is 1. The molecule has 1 aliphatic rings. The van der Waals surface area contributed by atoms with Crippen LogP contribution in [0.5, 0.6) is 0 Å². The molecule has 1 amide bonds. The number of carbonyl (C=O) groups excluding carboxylic acids is 1. The van der Waals surface area contributed by atoms with Gasteiger partial charge in [0.2, 0.25) is 0 Å². The largest absolute Gasteiger partial charge is 0.337 e. The number of hydrogen-bond donors (Lipinski definition) is 0. The molecule has 0 atom stereocenters. The minimum absolute atomic E-state index is 0.148. The van der Waals surface area contributed by atoms with Crippen LogP contribution in [0.2, 0.25) is 0 Å². The molecule has 0 saturated heterocycles. The number of hydrogen-bond acceptors (Lipinski definition) is 1. The summed E-state index contributed by atoms with van der Waals surface area (Å²) in [4.78, 5) is 13.4. The van der Waals surface area contributed by atoms with Crippen LogP contribution in [0.1, 0.15) is 41.3 Å². The standard InChI is InChI=1S/C12H15NO/c1-8(2)9-4-5-11-10(6-9)7-13(3)12(11)14/h4-6,8H,7H2,1-3H3. The summed E-state index contributed by atoms with van der Waals surface area (Å²) < 4.78 is 0. The van der Waals surface area contributed by atoms with Gasteiger partial charge in [0.05, 0.1) is 0 Å². The smallest absolute Gasteiger partial charge is 0.254 e. The highest BCUT2D eigenvalue weighted by molar-refractivity contribution is 5.98. The number of carbonyl (C=O) groups is 1. The zero-order valence-corrected chi connectivity index (χ0v) is 8.87. The van der Waals surface area contributed by atoms with Crippen LogP contribution in [0.4, 0.5) is 0 Å². The third-order valence-electron chi connectivity index (χ3n) is 2.78. The Bertz CT molecular complexity index is 382. The molecule has 0 radical (unpaired) electrons. The Balaban J connectivity index is 2.44. The molecule has 2 heteroatoms. The summed E-state index contributed by atoms with van der Waals surface area (Å²) in [6, 6.07) is 6.17. The topological polar surface area (TPSA) is 20.3 Å². The fourth-order valence-corrected chi connectivity index (χ4v) is 1.85. The van der Waals surface area contributed by atoms with Crippen molar-refractivity contribution in [3.8, 4) is 0 Å². The minimum atomic E-state index is 0.148. The third kappa shape index (κ3) is 1.31. The van der Waals surface area contributed by atoms with E-state index in [4.69, 9.17) is 0 Å². The summed E-state index contributed by atoms with van der Waals surface area (Å²) in [5, 5.41) is 0. The lowest BCUT2D eigenvalue weighted by molar-refractivity contribution is 0.0816. The number of nitrogens with zero attached hydrogens (tertiary/aromatic N) is 1. The predicted octanol–water partition coefficient (Wildman–Crippen LogP) is 2.40. The fraction of sp³-hybridized carbons (Fsp3) is 0.417. The van der Waals surface area contributed by atoms with Gasteiger partial charge in [0, 0.05) is 19.2 Å². The van der Waals surface area contributed by atoms with Crippen molar-refractivity contribution in [1.29, 1.82) is 0 Å². The van der Waals surface area contributed by atoms with Crippen LogP contribution in [0.25, 0.3) is 0 Å². The Labute approximate surface area is 84.5 Å². The molecule has 14 heavy (non-hydrogen) atoms. The highest BCUT2D eigenvalue weighted by Crippen LogP contribution is 2.25. The lowest BCUT2D eigenvalue weighted by atomic mass is 9.98. The number of benzene rings is 1. The van der Waals surface area contributed by atoms with E-state index >= 15 is 0 Å². The second-order valence-corrected chi connectivity index (χ2v) is 4.23. The van der Waals surface area contributed by atoms with Crippen LogP contribution in [-0.2, 0) is 6.54 Å². The van der Waals surface area contributed by atoms with E-state index in [0.717, 1.165) is 12.1 Å². The molecule has 0 N–H and O–H groups in total. The highest BCUT2D eigenvalue weighted by Gasteiger charge is 2.24. The molecule has 0 bridgehead atoms. The first-order valence-electron chi connectivity index (χ1n) is 4.98. The zero-order valence-electron chi connectivity index (χ0n) is 8.87. The number of amides is 1. The number of rotatable bonds is 1. The lowest BCUT2D eigenvalue weighted by Crippen LogP contribution is -2.17. The average Bonchev–Trinajstić information content (AvgIpc) is 2.42. The first-order valence-corrected chi connectivity index (χ1v) is 4.98. The van der Waals surface area contributed by atoms with Gasteiger partial charge in [0.1, 0.15) is 0 Å². The Morgan fingerprint density at radius 1 is 1.36 bits per heavy atom. The van der Waals surface area contributed by atoms with E-state index in [1.165, 1.54) is 11.1 Å². The Kier molecular flexibility index (Phi) is 2.06. The van der Waals surface area contributed by atoms with E-state index in [1.807, 2.05) is 13.1 Å². The second kappa shape index (κ2) is 3.12. The third-order valence-corrected chi connectivity index (χ3v) is 2.78. The van der Waals surface area contributed by atoms with Crippen molar-refractivity contribution in [1.82, 2.24) is 4.90 Å². The van der Waals surface area contributed by atoms with Crippen molar-refractivity contribution in [3.05, 3.63) is 34.9 Å². The van der Waals surface area contributed by atoms with Gasteiger partial charge >= 0.3 is 0 Å². The monoisotopic (exact) mass is 189 g/mol. The molecule has 0 aliphatic carbocycles. The Morgan fingerprint density at radius 2 is 2.07 bits per heavy atom. The second-order valence-electron chi connectivity index (χ2n) is 4.23. The Morgan fingerprint density at radius 3 is 2.71 bits per heavy atom. The van der Waals surface area contributed by atoms with Crippen LogP contribution in [0.3, 0.4) is 0 Å². The normalized spacial score (nSPS) is 15.1. The molecule has 1 heterocycles. The van der Waals surface area contributed by atoms with Crippen LogP contribution in [0, 0.1) is 0 Å². The lowest BCUT2D eigenvalue weighted by Gasteiger charge is -2.06. The Hall–Kier alpha value is -1.31. The van der Waals surface area contributed by atoms with E-state index in [-0.39, 0.29) is 5.91 Å². The van der Waals surface area contributed by atoms with Gasteiger partial charge in [-0.25, -0.2) is 0 Å². The first-order chi connectivity index (χ1) is 6.59. The SMILES string of the molecule is CC(C)c1ccc2c(c1)CN(C)C2=O. The van der Waals surface area contributed by atoms with Crippen molar-refractivity contribution in [2.75, 3.05) is 7.05 Å². The maximum absolute atomic E-state index is 11.6. The van der Waals surface area contributed by atoms with Crippen LogP contribution < -0.4 is 0 Å². The van der Waals surface area contributed by atoms with Crippen molar-refractivity contribution < 1.29 is 4.79 Å². The van der Waals surface area contributed by atoms with Crippen LogP contribution in [0.15, 0.2) is 18.2 Å². The summed E-state index contributed by atoms with van der Waals surface area (Å²) in [7, 11) is 1.84. The van der Waals surface area contributed by atoms with E-state index in [1.54, 1.807) is 4.90 Å². The summed E-state index contributed by atoms with van der Waals surface area (Å²) in [6.45, 7) is 5.10. The zero-order chi connectivity index (χ0) is 10.3. The molecule has 0 saturated carbocycles. The maximum atomic E-state index is 11.6. The molecule has 1 aromatic rings. The van der Waals surface area contributed by atoms with Crippen molar-refractivity contribution >= 4 is 5.91 Å². The van der Waals surface area contributed by atoms with E-state index in [0.29, 0.717) is 5.92 Å². The molecular formula is C12H15NO. The van der Waals surface area contributed by atoms with Crippen molar-refractivity contribution in [3.63, 3.8) is 0 Å². The van der Waals surface area contributed by atoms with Crippen molar-refractivity contribution in [2.24, 2.45) is 0 Å². The van der Waals surface area contributed by atoms with Crippen LogP contribution >= 0.6 is 0 Å². The molecule has 74 valence electrons. The molecule has 2 nitrogen and oxygen atoms in total.